The lowest BCUT2D eigenvalue weighted by Crippen LogP contribution is -2.12. The van der Waals surface area contributed by atoms with Gasteiger partial charge in [0.1, 0.15) is 5.82 Å². The van der Waals surface area contributed by atoms with Crippen molar-refractivity contribution in [2.75, 3.05) is 0 Å². The van der Waals surface area contributed by atoms with Gasteiger partial charge in [0.05, 0.1) is 16.6 Å². The molecule has 4 heteroatoms. The summed E-state index contributed by atoms with van der Waals surface area (Å²) in [5, 5.41) is 9.42. The number of fused-ring (bicyclic) bond motifs is 1. The number of aromatic carboxylic acids is 1. The molecule has 0 spiro atoms. The number of nitrogens with zero attached hydrogens (tertiary/aromatic N) is 2. The van der Waals surface area contributed by atoms with E-state index in [1.807, 2.05) is 6.07 Å². The lowest BCUT2D eigenvalue weighted by Gasteiger charge is -2.17. The molecule has 3 rings (SSSR count). The van der Waals surface area contributed by atoms with Crippen LogP contribution < -0.4 is 0 Å². The first kappa shape index (κ1) is 13.2. The summed E-state index contributed by atoms with van der Waals surface area (Å²) >= 11 is 0. The number of rotatable bonds is 5. The fraction of sp³-hybridized carbons (Fsp3) is 0.500. The standard InChI is InChI=1S/C16H20N2O2/c1-3-14-17-13-6-4-5-12(16(19)20)15(13)18(14)10(2)9-11-7-8-11/h4-6,10-11H,3,7-9H2,1-2H3,(H,19,20). The number of benzene rings is 1. The number of aryl methyl sites for hydroxylation is 1. The second-order valence-electron chi connectivity index (χ2n) is 5.76. The minimum absolute atomic E-state index is 0.308. The molecule has 106 valence electrons. The topological polar surface area (TPSA) is 55.1 Å². The fourth-order valence-corrected chi connectivity index (χ4v) is 3.03. The number of hydrogen-bond acceptors (Lipinski definition) is 2. The molecule has 1 atom stereocenters. The van der Waals surface area contributed by atoms with E-state index >= 15 is 0 Å². The highest BCUT2D eigenvalue weighted by atomic mass is 16.4. The molecule has 1 aliphatic rings. The van der Waals surface area contributed by atoms with Crippen LogP contribution in [0.3, 0.4) is 0 Å². The summed E-state index contributed by atoms with van der Waals surface area (Å²) in [6.45, 7) is 4.25. The molecular formula is C16H20N2O2. The van der Waals surface area contributed by atoms with Crippen LogP contribution in [0.2, 0.25) is 0 Å². The van der Waals surface area contributed by atoms with E-state index in [0.29, 0.717) is 11.6 Å². The van der Waals surface area contributed by atoms with Gasteiger partial charge in [-0.15, -0.1) is 0 Å². The normalized spacial score (nSPS) is 16.5. The summed E-state index contributed by atoms with van der Waals surface area (Å²) in [5.41, 5.74) is 1.94. The molecule has 1 fully saturated rings. The van der Waals surface area contributed by atoms with Gasteiger partial charge in [-0.25, -0.2) is 9.78 Å². The zero-order valence-corrected chi connectivity index (χ0v) is 12.0. The Morgan fingerprint density at radius 2 is 2.25 bits per heavy atom. The molecule has 0 bridgehead atoms. The van der Waals surface area contributed by atoms with Crippen LogP contribution in [0.5, 0.6) is 0 Å². The Balaban J connectivity index is 2.17. The number of carboxylic acids is 1. The van der Waals surface area contributed by atoms with E-state index in [1.54, 1.807) is 12.1 Å². The molecule has 0 saturated heterocycles. The first-order valence-corrected chi connectivity index (χ1v) is 7.35. The highest BCUT2D eigenvalue weighted by molar-refractivity contribution is 6.01. The first-order chi connectivity index (χ1) is 9.61. The average Bonchev–Trinajstić information content (AvgIpc) is 3.14. The molecule has 1 unspecified atom stereocenters. The van der Waals surface area contributed by atoms with E-state index in [1.165, 1.54) is 12.8 Å². The molecule has 0 aliphatic heterocycles. The summed E-state index contributed by atoms with van der Waals surface area (Å²) in [7, 11) is 0. The molecule has 1 aliphatic carbocycles. The molecule has 1 N–H and O–H groups in total. The minimum atomic E-state index is -0.877. The van der Waals surface area contributed by atoms with Gasteiger partial charge in [0.25, 0.3) is 0 Å². The molecule has 1 aromatic carbocycles. The molecule has 4 nitrogen and oxygen atoms in total. The molecule has 20 heavy (non-hydrogen) atoms. The molecular weight excluding hydrogens is 252 g/mol. The Kier molecular flexibility index (Phi) is 3.24. The van der Waals surface area contributed by atoms with Crippen LogP contribution in [-0.4, -0.2) is 20.6 Å². The Labute approximate surface area is 118 Å². The van der Waals surface area contributed by atoms with Crippen LogP contribution in [0.1, 0.15) is 55.3 Å². The predicted octanol–water partition coefficient (Wildman–Crippen LogP) is 3.66. The average molecular weight is 272 g/mol. The van der Waals surface area contributed by atoms with Gasteiger partial charge in [0.2, 0.25) is 0 Å². The molecule has 1 heterocycles. The Morgan fingerprint density at radius 3 is 2.85 bits per heavy atom. The molecule has 2 aromatic rings. The van der Waals surface area contributed by atoms with E-state index in [2.05, 4.69) is 23.4 Å². The summed E-state index contributed by atoms with van der Waals surface area (Å²) < 4.78 is 2.15. The van der Waals surface area contributed by atoms with Crippen molar-refractivity contribution in [2.24, 2.45) is 5.92 Å². The number of imidazole rings is 1. The minimum Gasteiger partial charge on any atom is -0.478 e. The Morgan fingerprint density at radius 1 is 1.50 bits per heavy atom. The van der Waals surface area contributed by atoms with Crippen LogP contribution in [-0.2, 0) is 6.42 Å². The van der Waals surface area contributed by atoms with E-state index in [0.717, 1.165) is 35.6 Å². The third-order valence-corrected chi connectivity index (χ3v) is 4.14. The zero-order chi connectivity index (χ0) is 14.3. The maximum atomic E-state index is 11.5. The van der Waals surface area contributed by atoms with Gasteiger partial charge >= 0.3 is 5.97 Å². The number of aromatic nitrogens is 2. The number of carboxylic acid groups (broad SMARTS) is 1. The van der Waals surface area contributed by atoms with Gasteiger partial charge in [-0.05, 0) is 31.4 Å². The highest BCUT2D eigenvalue weighted by Crippen LogP contribution is 2.38. The van der Waals surface area contributed by atoms with Crippen molar-refractivity contribution in [3.05, 3.63) is 29.6 Å². The quantitative estimate of drug-likeness (QED) is 0.903. The molecule has 0 amide bonds. The maximum absolute atomic E-state index is 11.5. The monoisotopic (exact) mass is 272 g/mol. The van der Waals surface area contributed by atoms with Crippen molar-refractivity contribution in [3.63, 3.8) is 0 Å². The van der Waals surface area contributed by atoms with E-state index in [9.17, 15) is 9.90 Å². The number of hydrogen-bond donors (Lipinski definition) is 1. The van der Waals surface area contributed by atoms with Crippen LogP contribution in [0, 0.1) is 5.92 Å². The van der Waals surface area contributed by atoms with Gasteiger partial charge < -0.3 is 9.67 Å². The summed E-state index contributed by atoms with van der Waals surface area (Å²) in [6.07, 6.45) is 4.56. The van der Waals surface area contributed by atoms with E-state index in [-0.39, 0.29) is 0 Å². The van der Waals surface area contributed by atoms with Gasteiger partial charge in [-0.1, -0.05) is 25.8 Å². The fourth-order valence-electron chi connectivity index (χ4n) is 3.03. The smallest absolute Gasteiger partial charge is 0.337 e. The third-order valence-electron chi connectivity index (χ3n) is 4.14. The van der Waals surface area contributed by atoms with Crippen LogP contribution in [0.4, 0.5) is 0 Å². The number of carbonyl (C=O) groups is 1. The van der Waals surface area contributed by atoms with Crippen molar-refractivity contribution in [1.82, 2.24) is 9.55 Å². The summed E-state index contributed by atoms with van der Waals surface area (Å²) in [5.74, 6) is 0.920. The lowest BCUT2D eigenvalue weighted by atomic mass is 10.1. The summed E-state index contributed by atoms with van der Waals surface area (Å²) in [6, 6.07) is 5.66. The van der Waals surface area contributed by atoms with Crippen molar-refractivity contribution in [2.45, 2.75) is 45.6 Å². The van der Waals surface area contributed by atoms with Crippen molar-refractivity contribution in [3.8, 4) is 0 Å². The highest BCUT2D eigenvalue weighted by Gasteiger charge is 2.27. The second kappa shape index (κ2) is 4.93. The van der Waals surface area contributed by atoms with E-state index < -0.39 is 5.97 Å². The van der Waals surface area contributed by atoms with Gasteiger partial charge in [-0.3, -0.25) is 0 Å². The first-order valence-electron chi connectivity index (χ1n) is 7.35. The molecule has 1 saturated carbocycles. The predicted molar refractivity (Wildman–Crippen MR) is 78.1 cm³/mol. The van der Waals surface area contributed by atoms with E-state index in [4.69, 9.17) is 0 Å². The largest absolute Gasteiger partial charge is 0.478 e. The van der Waals surface area contributed by atoms with Crippen LogP contribution >= 0.6 is 0 Å². The Bertz CT molecular complexity index is 656. The number of para-hydroxylation sites is 1. The van der Waals surface area contributed by atoms with Crippen molar-refractivity contribution in [1.29, 1.82) is 0 Å². The van der Waals surface area contributed by atoms with Crippen molar-refractivity contribution >= 4 is 17.0 Å². The second-order valence-corrected chi connectivity index (χ2v) is 5.76. The SMILES string of the molecule is CCc1nc2cccc(C(=O)O)c2n1C(C)CC1CC1. The zero-order valence-electron chi connectivity index (χ0n) is 12.0. The molecule has 1 aromatic heterocycles. The van der Waals surface area contributed by atoms with Gasteiger partial charge in [0.15, 0.2) is 0 Å². The van der Waals surface area contributed by atoms with Gasteiger partial charge in [-0.2, -0.15) is 0 Å². The van der Waals surface area contributed by atoms with Crippen LogP contribution in [0.25, 0.3) is 11.0 Å². The van der Waals surface area contributed by atoms with Crippen LogP contribution in [0.15, 0.2) is 18.2 Å². The molecule has 0 radical (unpaired) electrons. The maximum Gasteiger partial charge on any atom is 0.337 e. The Hall–Kier alpha value is -1.84. The lowest BCUT2D eigenvalue weighted by molar-refractivity contribution is 0.0698. The third kappa shape index (κ3) is 2.19. The van der Waals surface area contributed by atoms with Crippen molar-refractivity contribution < 1.29 is 9.90 Å². The van der Waals surface area contributed by atoms with Gasteiger partial charge in [0, 0.05) is 12.5 Å². The summed E-state index contributed by atoms with van der Waals surface area (Å²) in [4.78, 5) is 16.1.